The van der Waals surface area contributed by atoms with Crippen LogP contribution in [0.2, 0.25) is 0 Å². The first-order chi connectivity index (χ1) is 16.5. The van der Waals surface area contributed by atoms with E-state index in [1.165, 1.54) is 31.4 Å². The number of hydrogen-bond donors (Lipinski definition) is 2. The number of halogens is 1. The average molecular weight is 470 g/mol. The van der Waals surface area contributed by atoms with Gasteiger partial charge in [0.2, 0.25) is 0 Å². The molecule has 2 fully saturated rings. The first-order valence-electron chi connectivity index (χ1n) is 11.2. The number of hydrogen-bond acceptors (Lipinski definition) is 6. The lowest BCUT2D eigenvalue weighted by atomic mass is 10.1. The predicted octanol–water partition coefficient (Wildman–Crippen LogP) is 2.01. The Kier molecular flexibility index (Phi) is 7.27. The zero-order chi connectivity index (χ0) is 24.1. The number of rotatable bonds is 4. The molecule has 4 rings (SSSR count). The molecule has 2 aliphatic rings. The molecule has 0 spiro atoms. The van der Waals surface area contributed by atoms with Gasteiger partial charge in [0.25, 0.3) is 11.8 Å². The van der Waals surface area contributed by atoms with Crippen molar-refractivity contribution >= 4 is 29.3 Å². The molecule has 9 nitrogen and oxygen atoms in total. The normalized spacial score (nSPS) is 16.2. The molecule has 0 bridgehead atoms. The Balaban J connectivity index is 1.59. The maximum Gasteiger partial charge on any atom is 0.409 e. The van der Waals surface area contributed by atoms with Crippen LogP contribution in [0, 0.1) is 5.82 Å². The van der Waals surface area contributed by atoms with Gasteiger partial charge in [-0.3, -0.25) is 9.59 Å². The molecule has 2 saturated heterocycles. The Morgan fingerprint density at radius 1 is 0.882 bits per heavy atom. The quantitative estimate of drug-likeness (QED) is 0.712. The molecule has 2 aromatic rings. The van der Waals surface area contributed by atoms with Crippen molar-refractivity contribution < 1.29 is 23.5 Å². The van der Waals surface area contributed by atoms with E-state index in [1.54, 1.807) is 21.9 Å². The number of piperazine rings is 2. The Morgan fingerprint density at radius 2 is 1.53 bits per heavy atom. The zero-order valence-electron chi connectivity index (χ0n) is 19.1. The van der Waals surface area contributed by atoms with E-state index in [2.05, 4.69) is 15.5 Å². The van der Waals surface area contributed by atoms with Gasteiger partial charge in [-0.05, 0) is 42.5 Å². The summed E-state index contributed by atoms with van der Waals surface area (Å²) in [5.74, 6) is -0.925. The molecule has 2 heterocycles. The lowest BCUT2D eigenvalue weighted by Crippen LogP contribution is -2.49. The van der Waals surface area contributed by atoms with E-state index in [9.17, 15) is 18.8 Å². The van der Waals surface area contributed by atoms with Crippen molar-refractivity contribution in [3.8, 4) is 0 Å². The molecular formula is C24H28FN5O4. The van der Waals surface area contributed by atoms with Crippen LogP contribution in [-0.4, -0.2) is 87.2 Å². The summed E-state index contributed by atoms with van der Waals surface area (Å²) in [6.45, 7) is 4.74. The SMILES string of the molecule is COC(=O)N1CCN(c2ccc(C(=O)N3CCNCC3)cc2NC(=O)c2ccc(F)cc2)CC1. The number of benzene rings is 2. The maximum atomic E-state index is 13.3. The van der Waals surface area contributed by atoms with Gasteiger partial charge >= 0.3 is 6.09 Å². The minimum atomic E-state index is -0.427. The van der Waals surface area contributed by atoms with Crippen LogP contribution >= 0.6 is 0 Å². The molecule has 0 atom stereocenters. The Labute approximate surface area is 197 Å². The number of methoxy groups -OCH3 is 1. The molecule has 10 heteroatoms. The fourth-order valence-electron chi connectivity index (χ4n) is 4.15. The van der Waals surface area contributed by atoms with E-state index in [-0.39, 0.29) is 12.0 Å². The third-order valence-electron chi connectivity index (χ3n) is 6.06. The lowest BCUT2D eigenvalue weighted by Gasteiger charge is -2.36. The van der Waals surface area contributed by atoms with Crippen molar-refractivity contribution in [2.75, 3.05) is 69.7 Å². The van der Waals surface area contributed by atoms with Crippen molar-refractivity contribution in [3.63, 3.8) is 0 Å². The first-order valence-corrected chi connectivity index (χ1v) is 11.2. The van der Waals surface area contributed by atoms with Gasteiger partial charge in [-0.15, -0.1) is 0 Å². The van der Waals surface area contributed by atoms with Gasteiger partial charge in [0.15, 0.2) is 0 Å². The summed E-state index contributed by atoms with van der Waals surface area (Å²) >= 11 is 0. The summed E-state index contributed by atoms with van der Waals surface area (Å²) in [6, 6.07) is 10.6. The van der Waals surface area contributed by atoms with Gasteiger partial charge in [0.1, 0.15) is 5.82 Å². The Hall–Kier alpha value is -3.66. The molecule has 180 valence electrons. The molecule has 0 saturated carbocycles. The largest absolute Gasteiger partial charge is 0.453 e. The Morgan fingerprint density at radius 3 is 2.18 bits per heavy atom. The molecular weight excluding hydrogens is 441 g/mol. The number of carbonyl (C=O) groups is 3. The van der Waals surface area contributed by atoms with E-state index in [1.807, 2.05) is 6.07 Å². The summed E-state index contributed by atoms with van der Waals surface area (Å²) in [5.41, 5.74) is 2.02. The van der Waals surface area contributed by atoms with Gasteiger partial charge in [0, 0.05) is 63.5 Å². The van der Waals surface area contributed by atoms with Crippen LogP contribution in [0.3, 0.4) is 0 Å². The summed E-state index contributed by atoms with van der Waals surface area (Å²) < 4.78 is 18.1. The smallest absolute Gasteiger partial charge is 0.409 e. The van der Waals surface area contributed by atoms with Crippen molar-refractivity contribution in [1.82, 2.24) is 15.1 Å². The summed E-state index contributed by atoms with van der Waals surface area (Å²) in [4.78, 5) is 43.2. The van der Waals surface area contributed by atoms with Crippen LogP contribution < -0.4 is 15.5 Å². The van der Waals surface area contributed by atoms with Crippen molar-refractivity contribution in [3.05, 3.63) is 59.4 Å². The number of anilines is 2. The molecule has 3 amide bonds. The standard InChI is InChI=1S/C24H28FN5O4/c1-34-24(33)30-14-12-28(13-15-30)21-7-4-18(23(32)29-10-8-26-9-11-29)16-20(21)27-22(31)17-2-5-19(25)6-3-17/h2-7,16,26H,8-15H2,1H3,(H,27,31). The van der Waals surface area contributed by atoms with Crippen LogP contribution in [0.5, 0.6) is 0 Å². The fraction of sp³-hybridized carbons (Fsp3) is 0.375. The lowest BCUT2D eigenvalue weighted by molar-refractivity contribution is 0.0735. The van der Waals surface area contributed by atoms with Gasteiger partial charge in [-0.1, -0.05) is 0 Å². The zero-order valence-corrected chi connectivity index (χ0v) is 19.1. The van der Waals surface area contributed by atoms with Crippen molar-refractivity contribution in [2.24, 2.45) is 0 Å². The van der Waals surface area contributed by atoms with E-state index in [4.69, 9.17) is 4.74 Å². The highest BCUT2D eigenvalue weighted by Crippen LogP contribution is 2.29. The van der Waals surface area contributed by atoms with Gasteiger partial charge in [-0.2, -0.15) is 0 Å². The molecule has 0 radical (unpaired) electrons. The maximum absolute atomic E-state index is 13.3. The van der Waals surface area contributed by atoms with Crippen LogP contribution in [-0.2, 0) is 4.74 Å². The second-order valence-electron chi connectivity index (χ2n) is 8.18. The minimum absolute atomic E-state index is 0.0964. The summed E-state index contributed by atoms with van der Waals surface area (Å²) in [7, 11) is 1.35. The summed E-state index contributed by atoms with van der Waals surface area (Å²) in [5, 5.41) is 6.12. The number of carbonyl (C=O) groups excluding carboxylic acids is 3. The molecule has 2 N–H and O–H groups in total. The highest BCUT2D eigenvalue weighted by Gasteiger charge is 2.25. The molecule has 2 aromatic carbocycles. The number of nitrogens with one attached hydrogen (secondary N) is 2. The monoisotopic (exact) mass is 469 g/mol. The number of nitrogens with zero attached hydrogens (tertiary/aromatic N) is 3. The van der Waals surface area contributed by atoms with Crippen LogP contribution in [0.15, 0.2) is 42.5 Å². The second-order valence-corrected chi connectivity index (χ2v) is 8.18. The topological polar surface area (TPSA) is 94.2 Å². The first kappa shape index (κ1) is 23.5. The van der Waals surface area contributed by atoms with E-state index < -0.39 is 11.7 Å². The van der Waals surface area contributed by atoms with Crippen molar-refractivity contribution in [2.45, 2.75) is 0 Å². The molecule has 0 aromatic heterocycles. The third kappa shape index (κ3) is 5.28. The highest BCUT2D eigenvalue weighted by atomic mass is 19.1. The number of amides is 3. The molecule has 0 unspecified atom stereocenters. The molecule has 34 heavy (non-hydrogen) atoms. The van der Waals surface area contributed by atoms with E-state index in [0.717, 1.165) is 18.8 Å². The molecule has 0 aliphatic carbocycles. The fourth-order valence-corrected chi connectivity index (χ4v) is 4.15. The van der Waals surface area contributed by atoms with E-state index >= 15 is 0 Å². The van der Waals surface area contributed by atoms with Gasteiger partial charge in [-0.25, -0.2) is 9.18 Å². The number of ether oxygens (including phenoxy) is 1. The van der Waals surface area contributed by atoms with E-state index in [0.29, 0.717) is 56.1 Å². The van der Waals surface area contributed by atoms with Gasteiger partial charge < -0.3 is 30.1 Å². The van der Waals surface area contributed by atoms with Crippen LogP contribution in [0.25, 0.3) is 0 Å². The van der Waals surface area contributed by atoms with Crippen molar-refractivity contribution in [1.29, 1.82) is 0 Å². The van der Waals surface area contributed by atoms with Crippen LogP contribution in [0.4, 0.5) is 20.6 Å². The minimum Gasteiger partial charge on any atom is -0.453 e. The second kappa shape index (κ2) is 10.5. The van der Waals surface area contributed by atoms with Crippen LogP contribution in [0.1, 0.15) is 20.7 Å². The molecule has 2 aliphatic heterocycles. The predicted molar refractivity (Wildman–Crippen MR) is 126 cm³/mol. The van der Waals surface area contributed by atoms with Gasteiger partial charge in [0.05, 0.1) is 18.5 Å². The Bertz CT molecular complexity index is 1050. The summed E-state index contributed by atoms with van der Waals surface area (Å²) in [6.07, 6.45) is -0.374. The highest BCUT2D eigenvalue weighted by molar-refractivity contribution is 6.07. The average Bonchev–Trinajstić information content (AvgIpc) is 2.88. The third-order valence-corrected chi connectivity index (χ3v) is 6.06.